The van der Waals surface area contributed by atoms with E-state index in [0.29, 0.717) is 31.1 Å². The summed E-state index contributed by atoms with van der Waals surface area (Å²) in [6.45, 7) is 5.48. The van der Waals surface area contributed by atoms with E-state index in [0.717, 1.165) is 6.07 Å². The smallest absolute Gasteiger partial charge is 0.163 e. The molecule has 1 atom stereocenters. The summed E-state index contributed by atoms with van der Waals surface area (Å²) in [5, 5.41) is 12.1. The highest BCUT2D eigenvalue weighted by Crippen LogP contribution is 2.22. The highest BCUT2D eigenvalue weighted by atomic mass is 19.2. The van der Waals surface area contributed by atoms with Gasteiger partial charge in [0.05, 0.1) is 6.61 Å². The van der Waals surface area contributed by atoms with Gasteiger partial charge in [0.2, 0.25) is 0 Å². The van der Waals surface area contributed by atoms with Crippen LogP contribution in [0.1, 0.15) is 31.9 Å². The van der Waals surface area contributed by atoms with Crippen LogP contribution < -0.4 is 5.32 Å². The zero-order valence-electron chi connectivity index (χ0n) is 12.4. The van der Waals surface area contributed by atoms with E-state index in [1.807, 2.05) is 13.8 Å². The molecule has 2 N–H and O–H groups in total. The van der Waals surface area contributed by atoms with E-state index in [-0.39, 0.29) is 12.6 Å². The molecular weight excluding hydrogens is 262 g/mol. The second-order valence-electron chi connectivity index (χ2n) is 5.13. The number of nitrogens with one attached hydrogen (secondary N) is 1. The molecule has 0 heterocycles. The lowest BCUT2D eigenvalue weighted by molar-refractivity contribution is 0.159. The van der Waals surface area contributed by atoms with Gasteiger partial charge in [-0.2, -0.15) is 0 Å². The molecule has 0 aliphatic heterocycles. The Kier molecular flexibility index (Phi) is 7.05. The van der Waals surface area contributed by atoms with Gasteiger partial charge in [-0.3, -0.25) is 4.90 Å². The maximum atomic E-state index is 13.8. The highest BCUT2D eigenvalue weighted by Gasteiger charge is 2.18. The quantitative estimate of drug-likeness (QED) is 0.770. The summed E-state index contributed by atoms with van der Waals surface area (Å²) >= 11 is 0. The Morgan fingerprint density at radius 2 is 1.95 bits per heavy atom. The van der Waals surface area contributed by atoms with E-state index in [4.69, 9.17) is 5.11 Å². The zero-order valence-corrected chi connectivity index (χ0v) is 12.4. The number of aliphatic hydroxyl groups excluding tert-OH is 1. The van der Waals surface area contributed by atoms with Crippen molar-refractivity contribution in [2.24, 2.45) is 0 Å². The summed E-state index contributed by atoms with van der Waals surface area (Å²) in [5.41, 5.74) is 0.347. The van der Waals surface area contributed by atoms with E-state index >= 15 is 0 Å². The van der Waals surface area contributed by atoms with Gasteiger partial charge < -0.3 is 10.4 Å². The van der Waals surface area contributed by atoms with E-state index in [1.54, 1.807) is 13.1 Å². The predicted molar refractivity (Wildman–Crippen MR) is 76.6 cm³/mol. The summed E-state index contributed by atoms with van der Waals surface area (Å²) in [6.07, 6.45) is 0.648. The lowest BCUT2D eigenvalue weighted by Crippen LogP contribution is -2.36. The van der Waals surface area contributed by atoms with Crippen LogP contribution >= 0.6 is 0 Å². The molecule has 1 aromatic rings. The fourth-order valence-corrected chi connectivity index (χ4v) is 2.30. The standard InChI is InChI=1S/C15H24F2N2O/c1-11(2)19(9-10-20)8-7-14(18-3)12-5-4-6-13(16)15(12)17/h4-6,11,14,18,20H,7-10H2,1-3H3. The van der Waals surface area contributed by atoms with Crippen molar-refractivity contribution in [1.82, 2.24) is 10.2 Å². The third-order valence-electron chi connectivity index (χ3n) is 3.53. The monoisotopic (exact) mass is 286 g/mol. The topological polar surface area (TPSA) is 35.5 Å². The number of halogens is 2. The van der Waals surface area contributed by atoms with Crippen LogP contribution in [0.4, 0.5) is 8.78 Å². The Hall–Kier alpha value is -1.04. The SMILES string of the molecule is CNC(CCN(CCO)C(C)C)c1cccc(F)c1F. The maximum absolute atomic E-state index is 13.8. The molecule has 0 spiro atoms. The Labute approximate surface area is 119 Å². The molecule has 0 aliphatic rings. The number of hydrogen-bond donors (Lipinski definition) is 2. The Morgan fingerprint density at radius 3 is 2.50 bits per heavy atom. The molecule has 5 heteroatoms. The Balaban J connectivity index is 2.74. The molecular formula is C15H24F2N2O. The van der Waals surface area contributed by atoms with E-state index in [9.17, 15) is 8.78 Å². The first-order valence-electron chi connectivity index (χ1n) is 6.97. The van der Waals surface area contributed by atoms with Crippen LogP contribution in [0, 0.1) is 11.6 Å². The van der Waals surface area contributed by atoms with Gasteiger partial charge in [0, 0.05) is 30.7 Å². The molecule has 0 fully saturated rings. The number of nitrogens with zero attached hydrogens (tertiary/aromatic N) is 1. The van der Waals surface area contributed by atoms with Crippen molar-refractivity contribution >= 4 is 0 Å². The summed E-state index contributed by atoms with van der Waals surface area (Å²) in [6, 6.07) is 4.30. The average Bonchev–Trinajstić information content (AvgIpc) is 2.42. The van der Waals surface area contributed by atoms with Crippen LogP contribution in [-0.4, -0.2) is 42.8 Å². The first-order valence-corrected chi connectivity index (χ1v) is 6.97. The van der Waals surface area contributed by atoms with Gasteiger partial charge in [-0.25, -0.2) is 8.78 Å². The number of benzene rings is 1. The Morgan fingerprint density at radius 1 is 1.25 bits per heavy atom. The minimum Gasteiger partial charge on any atom is -0.395 e. The number of aliphatic hydroxyl groups is 1. The minimum atomic E-state index is -0.821. The van der Waals surface area contributed by atoms with Crippen molar-refractivity contribution in [1.29, 1.82) is 0 Å². The molecule has 1 aromatic carbocycles. The summed E-state index contributed by atoms with van der Waals surface area (Å²) in [5.74, 6) is -1.61. The largest absolute Gasteiger partial charge is 0.395 e. The lowest BCUT2D eigenvalue weighted by atomic mass is 10.0. The van der Waals surface area contributed by atoms with Gasteiger partial charge in [-0.05, 0) is 33.4 Å². The van der Waals surface area contributed by atoms with Crippen molar-refractivity contribution in [3.05, 3.63) is 35.4 Å². The van der Waals surface area contributed by atoms with Gasteiger partial charge in [-0.15, -0.1) is 0 Å². The van der Waals surface area contributed by atoms with E-state index in [1.165, 1.54) is 6.07 Å². The van der Waals surface area contributed by atoms with Gasteiger partial charge in [-0.1, -0.05) is 12.1 Å². The molecule has 0 saturated heterocycles. The van der Waals surface area contributed by atoms with Gasteiger partial charge in [0.15, 0.2) is 11.6 Å². The molecule has 0 radical (unpaired) electrons. The molecule has 20 heavy (non-hydrogen) atoms. The second-order valence-corrected chi connectivity index (χ2v) is 5.13. The van der Waals surface area contributed by atoms with Crippen LogP contribution in [0.2, 0.25) is 0 Å². The lowest BCUT2D eigenvalue weighted by Gasteiger charge is -2.28. The molecule has 0 bridgehead atoms. The zero-order chi connectivity index (χ0) is 15.1. The van der Waals surface area contributed by atoms with Crippen LogP contribution in [0.15, 0.2) is 18.2 Å². The molecule has 0 amide bonds. The summed E-state index contributed by atoms with van der Waals surface area (Å²) in [7, 11) is 1.74. The first-order chi connectivity index (χ1) is 9.51. The van der Waals surface area contributed by atoms with Crippen LogP contribution in [-0.2, 0) is 0 Å². The third-order valence-corrected chi connectivity index (χ3v) is 3.53. The fraction of sp³-hybridized carbons (Fsp3) is 0.600. The first kappa shape index (κ1) is 17.0. The predicted octanol–water partition coefficient (Wildman–Crippen LogP) is 2.32. The average molecular weight is 286 g/mol. The van der Waals surface area contributed by atoms with Crippen LogP contribution in [0.3, 0.4) is 0 Å². The van der Waals surface area contributed by atoms with Crippen molar-refractivity contribution in [2.75, 3.05) is 26.7 Å². The maximum Gasteiger partial charge on any atom is 0.163 e. The van der Waals surface area contributed by atoms with E-state index in [2.05, 4.69) is 10.2 Å². The highest BCUT2D eigenvalue weighted by molar-refractivity contribution is 5.22. The minimum absolute atomic E-state index is 0.0940. The molecule has 0 aromatic heterocycles. The van der Waals surface area contributed by atoms with Crippen molar-refractivity contribution in [3.8, 4) is 0 Å². The molecule has 1 unspecified atom stereocenters. The van der Waals surface area contributed by atoms with E-state index < -0.39 is 11.6 Å². The van der Waals surface area contributed by atoms with Gasteiger partial charge in [0.1, 0.15) is 0 Å². The molecule has 114 valence electrons. The molecule has 1 rings (SSSR count). The summed E-state index contributed by atoms with van der Waals surface area (Å²) in [4.78, 5) is 2.11. The van der Waals surface area contributed by atoms with Crippen molar-refractivity contribution in [2.45, 2.75) is 32.4 Å². The van der Waals surface area contributed by atoms with Gasteiger partial charge in [0.25, 0.3) is 0 Å². The molecule has 0 saturated carbocycles. The Bertz CT molecular complexity index is 413. The van der Waals surface area contributed by atoms with Crippen molar-refractivity contribution in [3.63, 3.8) is 0 Å². The molecule has 0 aliphatic carbocycles. The number of rotatable bonds is 8. The van der Waals surface area contributed by atoms with Crippen molar-refractivity contribution < 1.29 is 13.9 Å². The van der Waals surface area contributed by atoms with Crippen LogP contribution in [0.5, 0.6) is 0 Å². The van der Waals surface area contributed by atoms with Crippen LogP contribution in [0.25, 0.3) is 0 Å². The summed E-state index contributed by atoms with van der Waals surface area (Å²) < 4.78 is 27.1. The fourth-order valence-electron chi connectivity index (χ4n) is 2.30. The number of hydrogen-bond acceptors (Lipinski definition) is 3. The third kappa shape index (κ3) is 4.51. The van der Waals surface area contributed by atoms with Gasteiger partial charge >= 0.3 is 0 Å². The normalized spacial score (nSPS) is 13.2. The second kappa shape index (κ2) is 8.29. The molecule has 3 nitrogen and oxygen atoms in total.